The third-order valence-corrected chi connectivity index (χ3v) is 6.72. The summed E-state index contributed by atoms with van der Waals surface area (Å²) in [6.45, 7) is 7.34. The molecular formula is C33H49N2O5+. The maximum atomic E-state index is 12.1. The minimum atomic E-state index is -0.429. The molecule has 0 aliphatic carbocycles. The first-order chi connectivity index (χ1) is 19.4. The number of benzene rings is 1. The van der Waals surface area contributed by atoms with E-state index in [-0.39, 0.29) is 38.6 Å². The highest BCUT2D eigenvalue weighted by molar-refractivity contribution is 5.75. The van der Waals surface area contributed by atoms with E-state index in [1.54, 1.807) is 24.8 Å². The molecule has 0 bridgehead atoms. The number of esters is 2. The molecule has 0 aliphatic rings. The zero-order valence-corrected chi connectivity index (χ0v) is 24.8. The fourth-order valence-corrected chi connectivity index (χ4v) is 4.55. The van der Waals surface area contributed by atoms with Crippen LogP contribution in [0.3, 0.4) is 0 Å². The van der Waals surface area contributed by atoms with Crippen molar-refractivity contribution in [3.63, 3.8) is 0 Å². The number of aromatic nitrogens is 1. The number of phenols is 1. The van der Waals surface area contributed by atoms with Crippen LogP contribution in [0.5, 0.6) is 5.75 Å². The Morgan fingerprint density at radius 1 is 0.775 bits per heavy atom. The van der Waals surface area contributed by atoms with Crippen molar-refractivity contribution in [2.45, 2.75) is 91.6 Å². The van der Waals surface area contributed by atoms with Crippen LogP contribution in [-0.2, 0) is 32.2 Å². The van der Waals surface area contributed by atoms with E-state index < -0.39 is 11.9 Å². The summed E-state index contributed by atoms with van der Waals surface area (Å²) in [5, 5.41) is 10.5. The van der Waals surface area contributed by atoms with Crippen LogP contribution in [-0.4, -0.2) is 48.2 Å². The maximum Gasteiger partial charge on any atom is 0.320 e. The summed E-state index contributed by atoms with van der Waals surface area (Å²) in [7, 11) is 0. The molecule has 40 heavy (non-hydrogen) atoms. The lowest BCUT2D eigenvalue weighted by atomic mass is 10.1. The van der Waals surface area contributed by atoms with Crippen LogP contribution in [0, 0.1) is 0 Å². The largest absolute Gasteiger partial charge is 0.508 e. The summed E-state index contributed by atoms with van der Waals surface area (Å²) >= 11 is 0. The van der Waals surface area contributed by atoms with Gasteiger partial charge in [-0.25, -0.2) is 4.57 Å². The van der Waals surface area contributed by atoms with Crippen molar-refractivity contribution in [3.8, 4) is 5.75 Å². The fraction of sp³-hybridized carbons (Fsp3) is 0.545. The van der Waals surface area contributed by atoms with Gasteiger partial charge in [-0.05, 0) is 43.5 Å². The van der Waals surface area contributed by atoms with Crippen molar-refractivity contribution in [2.24, 2.45) is 0 Å². The molecule has 0 fully saturated rings. The number of pyridine rings is 1. The van der Waals surface area contributed by atoms with Gasteiger partial charge in [-0.15, -0.1) is 0 Å². The molecule has 1 heterocycles. The Morgan fingerprint density at radius 3 is 1.90 bits per heavy atom. The molecule has 0 aliphatic heterocycles. The van der Waals surface area contributed by atoms with Crippen molar-refractivity contribution < 1.29 is 28.7 Å². The molecule has 1 N–H and O–H groups in total. The summed E-state index contributed by atoms with van der Waals surface area (Å²) in [6.07, 6.45) is 20.2. The van der Waals surface area contributed by atoms with Crippen molar-refractivity contribution >= 4 is 24.1 Å². The van der Waals surface area contributed by atoms with Crippen molar-refractivity contribution in [1.29, 1.82) is 0 Å². The van der Waals surface area contributed by atoms with Gasteiger partial charge in [0.1, 0.15) is 12.3 Å². The van der Waals surface area contributed by atoms with E-state index in [2.05, 4.69) is 36.0 Å². The summed E-state index contributed by atoms with van der Waals surface area (Å²) < 4.78 is 12.3. The number of carbonyl (C=O) groups is 2. The first kappa shape index (κ1) is 33.0. The second-order valence-corrected chi connectivity index (χ2v) is 10.2. The number of aromatic hydroxyl groups is 1. The van der Waals surface area contributed by atoms with Gasteiger partial charge in [-0.2, -0.15) is 0 Å². The predicted molar refractivity (Wildman–Crippen MR) is 159 cm³/mol. The highest BCUT2D eigenvalue weighted by Gasteiger charge is 2.18. The van der Waals surface area contributed by atoms with Crippen LogP contribution >= 0.6 is 0 Å². The summed E-state index contributed by atoms with van der Waals surface area (Å²) in [4.78, 5) is 25.7. The lowest BCUT2D eigenvalue weighted by Gasteiger charge is -2.21. The molecule has 0 saturated carbocycles. The number of carbonyl (C=O) groups excluding carboxylic acids is 2. The van der Waals surface area contributed by atoms with Crippen molar-refractivity contribution in [1.82, 2.24) is 4.90 Å². The molecule has 0 amide bonds. The molecule has 7 heteroatoms. The van der Waals surface area contributed by atoms with E-state index in [4.69, 9.17) is 9.47 Å². The molecule has 0 atom stereocenters. The van der Waals surface area contributed by atoms with E-state index in [0.29, 0.717) is 5.56 Å². The molecular weight excluding hydrogens is 504 g/mol. The maximum absolute atomic E-state index is 12.1. The van der Waals surface area contributed by atoms with Crippen molar-refractivity contribution in [2.75, 3.05) is 26.3 Å². The number of aryl methyl sites for hydroxylation is 1. The Labute approximate surface area is 240 Å². The minimum absolute atomic E-state index is 0.0742. The van der Waals surface area contributed by atoms with Crippen LogP contribution in [0.4, 0.5) is 0 Å². The Morgan fingerprint density at radius 2 is 1.32 bits per heavy atom. The highest BCUT2D eigenvalue weighted by atomic mass is 16.5. The van der Waals surface area contributed by atoms with E-state index >= 15 is 0 Å². The summed E-state index contributed by atoms with van der Waals surface area (Å²) in [6, 6.07) is 9.54. The predicted octanol–water partition coefficient (Wildman–Crippen LogP) is 6.31. The number of rotatable bonds is 20. The first-order valence-corrected chi connectivity index (χ1v) is 15.0. The lowest BCUT2D eigenvalue weighted by Crippen LogP contribution is -2.35. The smallest absolute Gasteiger partial charge is 0.320 e. The van der Waals surface area contributed by atoms with Gasteiger partial charge in [0, 0.05) is 30.7 Å². The average Bonchev–Trinajstić information content (AvgIpc) is 2.93. The zero-order valence-electron chi connectivity index (χ0n) is 24.8. The van der Waals surface area contributed by atoms with Crippen molar-refractivity contribution in [3.05, 3.63) is 59.4 Å². The topological polar surface area (TPSA) is 80.0 Å². The van der Waals surface area contributed by atoms with Crippen LogP contribution in [0.25, 0.3) is 12.2 Å². The van der Waals surface area contributed by atoms with Crippen LogP contribution < -0.4 is 4.57 Å². The average molecular weight is 554 g/mol. The highest BCUT2D eigenvalue weighted by Crippen LogP contribution is 2.22. The normalized spacial score (nSPS) is 11.3. The number of hydrogen-bond acceptors (Lipinski definition) is 6. The second-order valence-electron chi connectivity index (χ2n) is 10.2. The van der Waals surface area contributed by atoms with Crippen LogP contribution in [0.15, 0.2) is 42.7 Å². The van der Waals surface area contributed by atoms with Gasteiger partial charge in [0.05, 0.1) is 26.3 Å². The number of hydrogen-bond donors (Lipinski definition) is 1. The fourth-order valence-electron chi connectivity index (χ4n) is 4.55. The summed E-state index contributed by atoms with van der Waals surface area (Å²) in [5.74, 6) is -0.755. The van der Waals surface area contributed by atoms with E-state index in [0.717, 1.165) is 17.7 Å². The van der Waals surface area contributed by atoms with E-state index in [1.165, 1.54) is 57.8 Å². The molecule has 7 nitrogen and oxygen atoms in total. The monoisotopic (exact) mass is 553 g/mol. The molecule has 1 aromatic heterocycles. The lowest BCUT2D eigenvalue weighted by molar-refractivity contribution is -0.697. The quantitative estimate of drug-likeness (QED) is 0.118. The number of nitrogens with zero attached hydrogens (tertiary/aromatic N) is 2. The Balaban J connectivity index is 1.90. The number of phenolic OH excluding ortho intramolecular Hbond substituents is 1. The minimum Gasteiger partial charge on any atom is -0.508 e. The Bertz CT molecular complexity index is 1020. The Kier molecular flexibility index (Phi) is 16.3. The van der Waals surface area contributed by atoms with Gasteiger partial charge in [-0.1, -0.05) is 70.1 Å². The zero-order chi connectivity index (χ0) is 29.0. The standard InChI is InChI=1S/C33H48N2O5/c1-4-7-8-9-10-11-12-13-14-21-34-22-19-28(20-23-34)15-16-29-17-18-31(36)30(24-29)25-35(26-32(37)39-5-2)27-33(38)40-6-3/h15-20,22-24H,4-14,21,25-27H2,1-3H3/p+1. The van der Waals surface area contributed by atoms with Gasteiger partial charge < -0.3 is 14.6 Å². The van der Waals surface area contributed by atoms with E-state index in [9.17, 15) is 14.7 Å². The summed E-state index contributed by atoms with van der Waals surface area (Å²) in [5.41, 5.74) is 2.61. The molecule has 0 spiro atoms. The van der Waals surface area contributed by atoms with Gasteiger partial charge in [0.2, 0.25) is 0 Å². The van der Waals surface area contributed by atoms with Gasteiger partial charge >= 0.3 is 11.9 Å². The third kappa shape index (κ3) is 13.7. The van der Waals surface area contributed by atoms with Gasteiger partial charge in [0.25, 0.3) is 0 Å². The Hall–Kier alpha value is -3.19. The second kappa shape index (κ2) is 19.8. The number of unbranched alkanes of at least 4 members (excludes halogenated alkanes) is 8. The van der Waals surface area contributed by atoms with Crippen LogP contribution in [0.2, 0.25) is 0 Å². The molecule has 0 unspecified atom stereocenters. The number of ether oxygens (including phenoxy) is 2. The molecule has 2 aromatic rings. The third-order valence-electron chi connectivity index (χ3n) is 6.72. The first-order valence-electron chi connectivity index (χ1n) is 15.0. The molecule has 2 rings (SSSR count). The van der Waals surface area contributed by atoms with E-state index in [1.807, 2.05) is 24.3 Å². The van der Waals surface area contributed by atoms with Crippen LogP contribution in [0.1, 0.15) is 95.2 Å². The SMILES string of the molecule is CCCCCCCCCCC[n+]1ccc(/C=C/c2ccc(O)c(CN(CC(=O)OCC)CC(=O)OCC)c2)cc1. The molecule has 0 saturated heterocycles. The van der Waals surface area contributed by atoms with Gasteiger partial charge in [-0.3, -0.25) is 14.5 Å². The van der Waals surface area contributed by atoms with Gasteiger partial charge in [0.15, 0.2) is 12.4 Å². The molecule has 220 valence electrons. The molecule has 0 radical (unpaired) electrons. The molecule has 1 aromatic carbocycles.